The third-order valence-corrected chi connectivity index (χ3v) is 4.40. The molecule has 1 amide bonds. The van der Waals surface area contributed by atoms with Crippen LogP contribution in [-0.4, -0.2) is 38.7 Å². The number of hydrogen-bond acceptors (Lipinski definition) is 4. The van der Waals surface area contributed by atoms with Crippen molar-refractivity contribution >= 4 is 34.2 Å². The molecule has 1 aliphatic heterocycles. The molecule has 0 saturated carbocycles. The van der Waals surface area contributed by atoms with Crippen LogP contribution in [0.25, 0.3) is 10.8 Å². The Labute approximate surface area is 140 Å². The molecule has 1 heterocycles. The van der Waals surface area contributed by atoms with Gasteiger partial charge in [0.05, 0.1) is 0 Å². The fourth-order valence-corrected chi connectivity index (χ4v) is 3.19. The quantitative estimate of drug-likeness (QED) is 0.581. The van der Waals surface area contributed by atoms with Crippen LogP contribution >= 0.6 is 11.6 Å². The van der Waals surface area contributed by atoms with Crippen LogP contribution < -0.4 is 20.7 Å². The lowest BCUT2D eigenvalue weighted by Gasteiger charge is -2.14. The maximum Gasteiger partial charge on any atom is 0.412 e. The lowest BCUT2D eigenvalue weighted by molar-refractivity contribution is 0.201. The molecular weight excluding hydrogens is 314 g/mol. The first kappa shape index (κ1) is 15.9. The molecule has 0 fully saturated rings. The standard InChI is InChI=1S/C17H20ClN3O2/c1-19-6-7-20-17(22)23-15-8-14-16(11(9-18)10-21-14)13-5-3-2-4-12(13)15/h2-5,8,11,19,21H,6-7,9-10H2,1H3,(H,20,22)/t11-/m1/s1. The summed E-state index contributed by atoms with van der Waals surface area (Å²) in [7, 11) is 1.83. The van der Waals surface area contributed by atoms with Crippen molar-refractivity contribution in [2.24, 2.45) is 0 Å². The molecule has 0 spiro atoms. The van der Waals surface area contributed by atoms with E-state index in [0.717, 1.165) is 23.0 Å². The van der Waals surface area contributed by atoms with Gasteiger partial charge in [0, 0.05) is 48.6 Å². The molecule has 0 aliphatic carbocycles. The van der Waals surface area contributed by atoms with Gasteiger partial charge in [0.2, 0.25) is 0 Å². The lowest BCUT2D eigenvalue weighted by atomic mass is 9.95. The number of likely N-dealkylation sites (N-methyl/N-ethyl adjacent to an activating group) is 1. The van der Waals surface area contributed by atoms with Gasteiger partial charge < -0.3 is 20.7 Å². The number of alkyl halides is 1. The zero-order chi connectivity index (χ0) is 16.2. The summed E-state index contributed by atoms with van der Waals surface area (Å²) in [5.41, 5.74) is 2.20. The Bertz CT molecular complexity index is 720. The molecule has 3 N–H and O–H groups in total. The van der Waals surface area contributed by atoms with Crippen LogP contribution in [0.4, 0.5) is 10.5 Å². The van der Waals surface area contributed by atoms with E-state index in [9.17, 15) is 4.79 Å². The average molecular weight is 334 g/mol. The average Bonchev–Trinajstić information content (AvgIpc) is 2.98. The van der Waals surface area contributed by atoms with Crippen molar-refractivity contribution in [3.63, 3.8) is 0 Å². The first-order chi connectivity index (χ1) is 11.2. The summed E-state index contributed by atoms with van der Waals surface area (Å²) in [6.45, 7) is 2.02. The summed E-state index contributed by atoms with van der Waals surface area (Å²) in [5, 5.41) is 11.0. The topological polar surface area (TPSA) is 62.4 Å². The molecule has 0 unspecified atom stereocenters. The first-order valence-corrected chi connectivity index (χ1v) is 8.23. The number of anilines is 1. The monoisotopic (exact) mass is 333 g/mol. The van der Waals surface area contributed by atoms with Crippen molar-refractivity contribution in [1.29, 1.82) is 0 Å². The number of nitrogens with one attached hydrogen (secondary N) is 3. The highest BCUT2D eigenvalue weighted by Crippen LogP contribution is 2.42. The number of carbonyl (C=O) groups is 1. The first-order valence-electron chi connectivity index (χ1n) is 7.70. The minimum absolute atomic E-state index is 0.273. The van der Waals surface area contributed by atoms with E-state index in [4.69, 9.17) is 16.3 Å². The maximum absolute atomic E-state index is 11.9. The summed E-state index contributed by atoms with van der Waals surface area (Å²) >= 11 is 6.09. The van der Waals surface area contributed by atoms with Crippen molar-refractivity contribution in [2.75, 3.05) is 37.9 Å². The molecule has 0 bridgehead atoms. The molecule has 1 atom stereocenters. The zero-order valence-electron chi connectivity index (χ0n) is 13.0. The van der Waals surface area contributed by atoms with Crippen LogP contribution in [0.2, 0.25) is 0 Å². The number of ether oxygens (including phenoxy) is 1. The SMILES string of the molecule is CNCCNC(=O)Oc1cc2c(c3ccccc13)[C@H](CCl)CN2. The van der Waals surface area contributed by atoms with Crippen molar-refractivity contribution in [3.8, 4) is 5.75 Å². The summed E-state index contributed by atoms with van der Waals surface area (Å²) in [6.07, 6.45) is -0.447. The van der Waals surface area contributed by atoms with Gasteiger partial charge in [-0.05, 0) is 18.0 Å². The van der Waals surface area contributed by atoms with Gasteiger partial charge in [-0.1, -0.05) is 24.3 Å². The van der Waals surface area contributed by atoms with Crippen LogP contribution in [0.5, 0.6) is 5.75 Å². The lowest BCUT2D eigenvalue weighted by Crippen LogP contribution is -2.32. The van der Waals surface area contributed by atoms with Crippen LogP contribution in [-0.2, 0) is 0 Å². The summed E-state index contributed by atoms with van der Waals surface area (Å²) < 4.78 is 5.52. The second kappa shape index (κ2) is 7.06. The van der Waals surface area contributed by atoms with Gasteiger partial charge in [0.15, 0.2) is 0 Å². The number of amides is 1. The van der Waals surface area contributed by atoms with Crippen LogP contribution in [0.1, 0.15) is 11.5 Å². The molecule has 3 rings (SSSR count). The molecule has 2 aromatic rings. The number of fused-ring (bicyclic) bond motifs is 3. The fourth-order valence-electron chi connectivity index (χ4n) is 2.93. The number of hydrogen-bond donors (Lipinski definition) is 3. The number of carbonyl (C=O) groups excluding carboxylic acids is 1. The van der Waals surface area contributed by atoms with Crippen molar-refractivity contribution in [2.45, 2.75) is 5.92 Å². The normalized spacial score (nSPS) is 16.0. The Morgan fingerprint density at radius 3 is 2.87 bits per heavy atom. The number of halogens is 1. The Hall–Kier alpha value is -1.98. The van der Waals surface area contributed by atoms with Gasteiger partial charge in [-0.25, -0.2) is 4.79 Å². The van der Waals surface area contributed by atoms with E-state index in [1.54, 1.807) is 0 Å². The van der Waals surface area contributed by atoms with E-state index in [1.807, 2.05) is 37.4 Å². The van der Waals surface area contributed by atoms with Crippen LogP contribution in [0, 0.1) is 0 Å². The molecule has 0 radical (unpaired) electrons. The highest BCUT2D eigenvalue weighted by Gasteiger charge is 2.26. The van der Waals surface area contributed by atoms with Crippen molar-refractivity contribution < 1.29 is 9.53 Å². The van der Waals surface area contributed by atoms with Gasteiger partial charge in [0.25, 0.3) is 0 Å². The van der Waals surface area contributed by atoms with Gasteiger partial charge in [0.1, 0.15) is 5.75 Å². The Morgan fingerprint density at radius 2 is 2.13 bits per heavy atom. The second-order valence-electron chi connectivity index (χ2n) is 5.53. The number of rotatable bonds is 5. The molecular formula is C17H20ClN3O2. The van der Waals surface area contributed by atoms with E-state index in [-0.39, 0.29) is 5.92 Å². The molecule has 6 heteroatoms. The minimum atomic E-state index is -0.447. The summed E-state index contributed by atoms with van der Waals surface area (Å²) in [6, 6.07) is 9.84. The molecule has 1 aliphatic rings. The van der Waals surface area contributed by atoms with Crippen molar-refractivity contribution in [3.05, 3.63) is 35.9 Å². The second-order valence-corrected chi connectivity index (χ2v) is 5.84. The molecule has 0 saturated heterocycles. The third-order valence-electron chi connectivity index (χ3n) is 4.03. The molecule has 5 nitrogen and oxygen atoms in total. The van der Waals surface area contributed by atoms with Gasteiger partial charge in [-0.15, -0.1) is 11.6 Å². The van der Waals surface area contributed by atoms with Gasteiger partial charge in [-0.3, -0.25) is 0 Å². The van der Waals surface area contributed by atoms with Gasteiger partial charge >= 0.3 is 6.09 Å². The minimum Gasteiger partial charge on any atom is -0.410 e. The predicted molar refractivity (Wildman–Crippen MR) is 93.9 cm³/mol. The smallest absolute Gasteiger partial charge is 0.410 e. The fraction of sp³-hybridized carbons (Fsp3) is 0.353. The number of benzene rings is 2. The molecule has 23 heavy (non-hydrogen) atoms. The molecule has 122 valence electrons. The highest BCUT2D eigenvalue weighted by molar-refractivity contribution is 6.18. The molecule has 2 aromatic carbocycles. The van der Waals surface area contributed by atoms with E-state index in [2.05, 4.69) is 16.0 Å². The van der Waals surface area contributed by atoms with E-state index >= 15 is 0 Å². The van der Waals surface area contributed by atoms with Crippen LogP contribution in [0.3, 0.4) is 0 Å². The largest absolute Gasteiger partial charge is 0.412 e. The van der Waals surface area contributed by atoms with E-state index < -0.39 is 6.09 Å². The Balaban J connectivity index is 1.93. The van der Waals surface area contributed by atoms with Crippen molar-refractivity contribution in [1.82, 2.24) is 10.6 Å². The van der Waals surface area contributed by atoms with Crippen LogP contribution in [0.15, 0.2) is 30.3 Å². The Kier molecular flexibility index (Phi) is 4.88. The van der Waals surface area contributed by atoms with E-state index in [1.165, 1.54) is 5.56 Å². The van der Waals surface area contributed by atoms with Gasteiger partial charge in [-0.2, -0.15) is 0 Å². The summed E-state index contributed by atoms with van der Waals surface area (Å²) in [4.78, 5) is 11.9. The zero-order valence-corrected chi connectivity index (χ0v) is 13.7. The Morgan fingerprint density at radius 1 is 1.35 bits per heavy atom. The molecule has 0 aromatic heterocycles. The maximum atomic E-state index is 11.9. The summed E-state index contributed by atoms with van der Waals surface area (Å²) in [5.74, 6) is 1.40. The third kappa shape index (κ3) is 3.21. The highest BCUT2D eigenvalue weighted by atomic mass is 35.5. The van der Waals surface area contributed by atoms with E-state index in [0.29, 0.717) is 24.7 Å². The predicted octanol–water partition coefficient (Wildman–Crippen LogP) is 2.90.